The number of hydrogen-bond donors (Lipinski definition) is 5. The van der Waals surface area contributed by atoms with Crippen LogP contribution in [0, 0.1) is 6.92 Å². The summed E-state index contributed by atoms with van der Waals surface area (Å²) in [6.45, 7) is 2.07. The third kappa shape index (κ3) is 5.22. The number of hydrogen-bond acceptors (Lipinski definition) is 6. The predicted molar refractivity (Wildman–Crippen MR) is 88.7 cm³/mol. The van der Waals surface area contributed by atoms with Crippen molar-refractivity contribution in [3.63, 3.8) is 0 Å². The Bertz CT molecular complexity index is 618. The third-order valence-electron chi connectivity index (χ3n) is 3.56. The van der Waals surface area contributed by atoms with Crippen LogP contribution in [0.3, 0.4) is 0 Å². The first-order valence-corrected chi connectivity index (χ1v) is 7.62. The highest BCUT2D eigenvalue weighted by molar-refractivity contribution is 7.80. The quantitative estimate of drug-likeness (QED) is 0.468. The summed E-state index contributed by atoms with van der Waals surface area (Å²) >= 11 is 5.06. The standard InChI is InChI=1S/C11H14N2S.C4H6O6/c1-7-5-8-3-2-4-9(11(12)14)10(8)13-6-7;5-1(3(7)8)2(6)4(9)10/h5-6,9H,2-4H2,1H3,(H2,12,14);1-2,5-6H,(H,7,8)(H,9,10). The van der Waals surface area contributed by atoms with Gasteiger partial charge in [0.05, 0.1) is 16.6 Å². The number of pyridine rings is 1. The van der Waals surface area contributed by atoms with Crippen LogP contribution in [0.4, 0.5) is 0 Å². The molecule has 9 heteroatoms. The van der Waals surface area contributed by atoms with Crippen molar-refractivity contribution in [3.05, 3.63) is 29.1 Å². The number of rotatable bonds is 4. The van der Waals surface area contributed by atoms with Crippen LogP contribution in [0.15, 0.2) is 12.3 Å². The normalized spacial score (nSPS) is 18.4. The van der Waals surface area contributed by atoms with Crippen LogP contribution in [0.5, 0.6) is 0 Å². The molecule has 2 rings (SSSR count). The molecule has 8 nitrogen and oxygen atoms in total. The van der Waals surface area contributed by atoms with Gasteiger partial charge in [-0.1, -0.05) is 18.3 Å². The summed E-state index contributed by atoms with van der Waals surface area (Å²) in [5.74, 6) is -3.33. The van der Waals surface area contributed by atoms with Crippen molar-refractivity contribution in [2.75, 3.05) is 0 Å². The number of carbonyl (C=O) groups is 2. The van der Waals surface area contributed by atoms with E-state index in [2.05, 4.69) is 18.0 Å². The number of nitrogens with zero attached hydrogens (tertiary/aromatic N) is 1. The fourth-order valence-electron chi connectivity index (χ4n) is 2.33. The first-order valence-electron chi connectivity index (χ1n) is 7.21. The second-order valence-electron chi connectivity index (χ2n) is 5.47. The third-order valence-corrected chi connectivity index (χ3v) is 3.84. The van der Waals surface area contributed by atoms with Crippen LogP contribution in [-0.2, 0) is 16.0 Å². The average Bonchev–Trinajstić information content (AvgIpc) is 2.52. The summed E-state index contributed by atoms with van der Waals surface area (Å²) in [6, 6.07) is 2.20. The van der Waals surface area contributed by atoms with Gasteiger partial charge in [-0.3, -0.25) is 4.98 Å². The van der Waals surface area contributed by atoms with Crippen LogP contribution in [-0.4, -0.2) is 54.5 Å². The minimum atomic E-state index is -2.27. The lowest BCUT2D eigenvalue weighted by Gasteiger charge is -2.23. The maximum absolute atomic E-state index is 9.77. The monoisotopic (exact) mass is 356 g/mol. The summed E-state index contributed by atoms with van der Waals surface area (Å²) in [5, 5.41) is 32.5. The highest BCUT2D eigenvalue weighted by atomic mass is 32.1. The van der Waals surface area contributed by atoms with E-state index in [0.29, 0.717) is 4.99 Å². The summed E-state index contributed by atoms with van der Waals surface area (Å²) in [4.78, 5) is 24.6. The van der Waals surface area contributed by atoms with Crippen molar-refractivity contribution in [2.24, 2.45) is 5.73 Å². The van der Waals surface area contributed by atoms with E-state index >= 15 is 0 Å². The molecule has 0 saturated carbocycles. The summed E-state index contributed by atoms with van der Waals surface area (Å²) in [5.41, 5.74) is 9.36. The number of aliphatic hydroxyl groups excluding tert-OH is 2. The summed E-state index contributed by atoms with van der Waals surface area (Å²) in [6.07, 6.45) is 0.701. The second kappa shape index (κ2) is 8.67. The second-order valence-corrected chi connectivity index (χ2v) is 5.94. The number of fused-ring (bicyclic) bond motifs is 1. The molecule has 0 bridgehead atoms. The van der Waals surface area contributed by atoms with Crippen LogP contribution in [0.25, 0.3) is 0 Å². The van der Waals surface area contributed by atoms with E-state index in [1.165, 1.54) is 17.5 Å². The molecule has 6 N–H and O–H groups in total. The van der Waals surface area contributed by atoms with Crippen LogP contribution in [0.1, 0.15) is 35.6 Å². The largest absolute Gasteiger partial charge is 0.479 e. The van der Waals surface area contributed by atoms with E-state index < -0.39 is 24.1 Å². The van der Waals surface area contributed by atoms with Gasteiger partial charge in [-0.05, 0) is 37.3 Å². The zero-order chi connectivity index (χ0) is 18.4. The van der Waals surface area contributed by atoms with Gasteiger partial charge in [-0.15, -0.1) is 0 Å². The number of aliphatic hydroxyl groups is 2. The van der Waals surface area contributed by atoms with Gasteiger partial charge in [-0.25, -0.2) is 9.59 Å². The topological polar surface area (TPSA) is 154 Å². The molecule has 1 aromatic heterocycles. The first-order chi connectivity index (χ1) is 11.1. The van der Waals surface area contributed by atoms with Crippen molar-refractivity contribution in [1.29, 1.82) is 0 Å². The lowest BCUT2D eigenvalue weighted by atomic mass is 9.86. The Morgan fingerprint density at radius 2 is 1.83 bits per heavy atom. The molecule has 3 atom stereocenters. The fraction of sp³-hybridized carbons (Fsp3) is 0.467. The lowest BCUT2D eigenvalue weighted by Crippen LogP contribution is -2.39. The smallest absolute Gasteiger partial charge is 0.335 e. The highest BCUT2D eigenvalue weighted by Crippen LogP contribution is 2.30. The van der Waals surface area contributed by atoms with Gasteiger partial charge in [-0.2, -0.15) is 0 Å². The number of carboxylic acid groups (broad SMARTS) is 2. The van der Waals surface area contributed by atoms with Gasteiger partial charge < -0.3 is 26.2 Å². The minimum absolute atomic E-state index is 0.203. The molecule has 132 valence electrons. The Hall–Kier alpha value is -2.10. The van der Waals surface area contributed by atoms with Gasteiger partial charge in [0.25, 0.3) is 0 Å². The number of aromatic nitrogens is 1. The maximum atomic E-state index is 9.77. The zero-order valence-electron chi connectivity index (χ0n) is 13.0. The maximum Gasteiger partial charge on any atom is 0.335 e. The van der Waals surface area contributed by atoms with E-state index in [9.17, 15) is 9.59 Å². The molecule has 0 aliphatic heterocycles. The molecular weight excluding hydrogens is 336 g/mol. The average molecular weight is 356 g/mol. The molecule has 0 saturated heterocycles. The van der Waals surface area contributed by atoms with E-state index in [1.54, 1.807) is 0 Å². The van der Waals surface area contributed by atoms with Gasteiger partial charge in [0.2, 0.25) is 0 Å². The van der Waals surface area contributed by atoms with Crippen molar-refractivity contribution < 1.29 is 30.0 Å². The first kappa shape index (κ1) is 19.9. The number of thiocarbonyl (C=S) groups is 1. The molecule has 24 heavy (non-hydrogen) atoms. The van der Waals surface area contributed by atoms with Gasteiger partial charge in [0, 0.05) is 6.20 Å². The fourth-order valence-corrected chi connectivity index (χ4v) is 2.56. The van der Waals surface area contributed by atoms with E-state index in [0.717, 1.165) is 18.5 Å². The molecule has 1 aromatic rings. The Morgan fingerprint density at radius 3 is 2.29 bits per heavy atom. The molecule has 0 amide bonds. The van der Waals surface area contributed by atoms with E-state index in [-0.39, 0.29) is 5.92 Å². The molecule has 1 aliphatic rings. The summed E-state index contributed by atoms with van der Waals surface area (Å²) < 4.78 is 0. The Morgan fingerprint density at radius 1 is 1.29 bits per heavy atom. The van der Waals surface area contributed by atoms with Crippen molar-refractivity contribution in [3.8, 4) is 0 Å². The molecule has 1 aliphatic carbocycles. The summed E-state index contributed by atoms with van der Waals surface area (Å²) in [7, 11) is 0. The molecule has 3 unspecified atom stereocenters. The Balaban J connectivity index is 0.000000257. The zero-order valence-corrected chi connectivity index (χ0v) is 13.9. The molecule has 0 aromatic carbocycles. The van der Waals surface area contributed by atoms with Crippen LogP contribution < -0.4 is 5.73 Å². The molecule has 0 fully saturated rings. The molecular formula is C15H20N2O6S. The number of aliphatic carboxylic acids is 2. The number of nitrogens with two attached hydrogens (primary N) is 1. The SMILES string of the molecule is Cc1cnc2c(c1)CCCC2C(N)=S.O=C(O)C(O)C(O)C(=O)O. The predicted octanol–water partition coefficient (Wildman–Crippen LogP) is -0.0266. The van der Waals surface area contributed by atoms with Gasteiger partial charge in [0.1, 0.15) is 0 Å². The Labute approximate surface area is 143 Å². The lowest BCUT2D eigenvalue weighted by molar-refractivity contribution is -0.165. The van der Waals surface area contributed by atoms with Crippen LogP contribution in [0.2, 0.25) is 0 Å². The molecule has 0 spiro atoms. The van der Waals surface area contributed by atoms with Gasteiger partial charge >= 0.3 is 11.9 Å². The molecule has 0 radical (unpaired) electrons. The van der Waals surface area contributed by atoms with Crippen molar-refractivity contribution in [2.45, 2.75) is 44.3 Å². The van der Waals surface area contributed by atoms with E-state index in [1.807, 2.05) is 6.20 Å². The van der Waals surface area contributed by atoms with Crippen LogP contribution >= 0.6 is 12.2 Å². The van der Waals surface area contributed by atoms with Gasteiger partial charge in [0.15, 0.2) is 12.2 Å². The van der Waals surface area contributed by atoms with Crippen molar-refractivity contribution >= 4 is 29.1 Å². The van der Waals surface area contributed by atoms with E-state index in [4.69, 9.17) is 38.4 Å². The Kier molecular flexibility index (Phi) is 7.20. The highest BCUT2D eigenvalue weighted by Gasteiger charge is 2.29. The molecule has 1 heterocycles. The minimum Gasteiger partial charge on any atom is -0.479 e. The van der Waals surface area contributed by atoms with Crippen molar-refractivity contribution in [1.82, 2.24) is 4.98 Å². The number of carboxylic acids is 2. The number of aryl methyl sites for hydroxylation is 2.